The van der Waals surface area contributed by atoms with Crippen molar-refractivity contribution >= 4 is 22.8 Å². The van der Waals surface area contributed by atoms with Gasteiger partial charge in [-0.2, -0.15) is 13.2 Å². The fourth-order valence-electron chi connectivity index (χ4n) is 4.32. The molecular formula is C20H21F4N5O3S. The number of hydrogen-bond donors (Lipinski definition) is 2. The molecule has 2 aliphatic heterocycles. The summed E-state index contributed by atoms with van der Waals surface area (Å²) in [5.41, 5.74) is 5.18. The number of hydrogen-bond acceptors (Lipinski definition) is 8. The highest BCUT2D eigenvalue weighted by atomic mass is 32.2. The summed E-state index contributed by atoms with van der Waals surface area (Å²) in [6, 6.07) is 0. The Morgan fingerprint density at radius 3 is 2.82 bits per heavy atom. The molecule has 0 saturated carbocycles. The monoisotopic (exact) mass is 487 g/mol. The van der Waals surface area contributed by atoms with Gasteiger partial charge in [-0.15, -0.1) is 0 Å². The zero-order valence-electron chi connectivity index (χ0n) is 17.4. The summed E-state index contributed by atoms with van der Waals surface area (Å²) in [5.74, 6) is -3.42. The Hall–Kier alpha value is -2.51. The predicted octanol–water partition coefficient (Wildman–Crippen LogP) is 2.49. The number of nitrogens with two attached hydrogens (primary N) is 1. The van der Waals surface area contributed by atoms with Crippen LogP contribution in [0.2, 0.25) is 0 Å². The van der Waals surface area contributed by atoms with Gasteiger partial charge < -0.3 is 20.5 Å². The molecule has 13 heteroatoms. The van der Waals surface area contributed by atoms with Crippen molar-refractivity contribution in [3.63, 3.8) is 0 Å². The highest BCUT2D eigenvalue weighted by Gasteiger charge is 2.64. The number of halogens is 4. The summed E-state index contributed by atoms with van der Waals surface area (Å²) in [5, 5.41) is 2.72. The molecule has 0 bridgehead atoms. The van der Waals surface area contributed by atoms with Crippen molar-refractivity contribution in [2.45, 2.75) is 30.8 Å². The van der Waals surface area contributed by atoms with Crippen LogP contribution in [0.1, 0.15) is 22.6 Å². The van der Waals surface area contributed by atoms with E-state index in [0.29, 0.717) is 11.4 Å². The van der Waals surface area contributed by atoms with Crippen LogP contribution < -0.4 is 11.1 Å². The second-order valence-electron chi connectivity index (χ2n) is 7.91. The van der Waals surface area contributed by atoms with Gasteiger partial charge in [0.25, 0.3) is 5.91 Å². The molecule has 1 aromatic rings. The molecule has 1 aliphatic carbocycles. The van der Waals surface area contributed by atoms with Gasteiger partial charge in [0.1, 0.15) is 17.1 Å². The Morgan fingerprint density at radius 2 is 2.15 bits per heavy atom. The van der Waals surface area contributed by atoms with Crippen molar-refractivity contribution in [1.29, 1.82) is 0 Å². The molecule has 1 amide bonds. The zero-order valence-corrected chi connectivity index (χ0v) is 18.3. The van der Waals surface area contributed by atoms with Crippen LogP contribution in [0.25, 0.3) is 0 Å². The van der Waals surface area contributed by atoms with E-state index >= 15 is 0 Å². The maximum Gasteiger partial charge on any atom is 0.415 e. The van der Waals surface area contributed by atoms with Crippen molar-refractivity contribution in [1.82, 2.24) is 15.3 Å². The van der Waals surface area contributed by atoms with Crippen molar-refractivity contribution in [3.8, 4) is 0 Å². The van der Waals surface area contributed by atoms with E-state index in [0.717, 1.165) is 17.8 Å². The van der Waals surface area contributed by atoms with E-state index in [-0.39, 0.29) is 29.6 Å². The number of carbonyl (C=O) groups excluding carboxylic acids is 1. The molecule has 1 unspecified atom stereocenters. The lowest BCUT2D eigenvalue weighted by atomic mass is 9.71. The summed E-state index contributed by atoms with van der Waals surface area (Å²) >= 11 is 0.989. The molecule has 1 aromatic heterocycles. The van der Waals surface area contributed by atoms with Gasteiger partial charge in [0.2, 0.25) is 0 Å². The number of thioether (sulfide) groups is 1. The number of aromatic nitrogens is 2. The maximum atomic E-state index is 15.0. The van der Waals surface area contributed by atoms with Gasteiger partial charge in [0.15, 0.2) is 11.3 Å². The second kappa shape index (κ2) is 9.03. The number of carbonyl (C=O) groups is 1. The van der Waals surface area contributed by atoms with Crippen LogP contribution in [0, 0.1) is 11.8 Å². The summed E-state index contributed by atoms with van der Waals surface area (Å²) in [6.45, 7) is -0.194. The molecule has 1 fully saturated rings. The van der Waals surface area contributed by atoms with E-state index in [9.17, 15) is 22.4 Å². The maximum absolute atomic E-state index is 15.0. The number of rotatable bonds is 5. The lowest BCUT2D eigenvalue weighted by molar-refractivity contribution is -0.215. The Balaban J connectivity index is 1.55. The van der Waals surface area contributed by atoms with Gasteiger partial charge in [-0.25, -0.2) is 9.37 Å². The summed E-state index contributed by atoms with van der Waals surface area (Å²) < 4.78 is 65.7. The number of nitrogens with zero attached hydrogens (tertiary/aromatic N) is 3. The third kappa shape index (κ3) is 4.62. The number of alkyl halides is 3. The number of nitrogens with one attached hydrogen (secondary N) is 1. The normalized spacial score (nSPS) is 29.6. The van der Waals surface area contributed by atoms with Gasteiger partial charge in [-0.1, -0.05) is 11.8 Å². The number of amides is 1. The molecule has 3 aliphatic rings. The van der Waals surface area contributed by atoms with E-state index in [2.05, 4.69) is 20.3 Å². The topological polar surface area (TPSA) is 112 Å². The first kappa shape index (κ1) is 23.6. The zero-order chi connectivity index (χ0) is 23.8. The molecule has 3 N–H and O–H groups in total. The Morgan fingerprint density at radius 1 is 1.36 bits per heavy atom. The molecule has 0 radical (unpaired) electrons. The van der Waals surface area contributed by atoms with Crippen LogP contribution in [-0.4, -0.2) is 58.3 Å². The average molecular weight is 487 g/mol. The molecule has 8 nitrogen and oxygen atoms in total. The van der Waals surface area contributed by atoms with Crippen LogP contribution in [0.15, 0.2) is 41.1 Å². The molecule has 3 heterocycles. The number of ether oxygens (including phenoxy) is 2. The van der Waals surface area contributed by atoms with E-state index in [1.165, 1.54) is 25.6 Å². The van der Waals surface area contributed by atoms with Gasteiger partial charge >= 0.3 is 6.18 Å². The standard InChI is InChI=1S/C20H21F4N5O3S/c1-31-7-11-5-27-15(6-26-11)17(30)28-10-2-3-14(21)12(4-10)19-9-32-16(20(22,23)24)13(19)8-33-18(25)29-19/h2-3,5-6,12-13,16H,4,7-9H2,1H3,(H2,25,29)(H,28,30)/t12?,13-,16+,19-/m1/s1. The highest BCUT2D eigenvalue weighted by molar-refractivity contribution is 8.13. The number of aliphatic imine (C=N–C) groups is 1. The first-order chi connectivity index (χ1) is 15.6. The molecule has 1 saturated heterocycles. The molecule has 4 rings (SSSR count). The molecule has 178 valence electrons. The summed E-state index contributed by atoms with van der Waals surface area (Å²) in [7, 11) is 1.50. The highest BCUT2D eigenvalue weighted by Crippen LogP contribution is 2.52. The second-order valence-corrected chi connectivity index (χ2v) is 8.95. The van der Waals surface area contributed by atoms with Gasteiger partial charge in [0.05, 0.1) is 31.3 Å². The van der Waals surface area contributed by atoms with Gasteiger partial charge in [-0.05, 0) is 18.6 Å². The predicted molar refractivity (Wildman–Crippen MR) is 112 cm³/mol. The fourth-order valence-corrected chi connectivity index (χ4v) is 5.37. The van der Waals surface area contributed by atoms with Crippen LogP contribution in [0.4, 0.5) is 17.6 Å². The Labute approximate surface area is 190 Å². The van der Waals surface area contributed by atoms with Crippen LogP contribution in [-0.2, 0) is 16.1 Å². The number of amidine groups is 1. The minimum Gasteiger partial charge on any atom is -0.379 e. The largest absolute Gasteiger partial charge is 0.415 e. The minimum absolute atomic E-state index is 0.00188. The molecule has 33 heavy (non-hydrogen) atoms. The SMILES string of the molecule is COCc1cnc(C(=O)NC2=CC=C(F)C([C@]34CO[C@H](C(F)(F)F)[C@H]3CSC(N)=N4)C2)cn1. The van der Waals surface area contributed by atoms with Gasteiger partial charge in [0, 0.05) is 30.4 Å². The number of allylic oxidation sites excluding steroid dienone is 3. The van der Waals surface area contributed by atoms with E-state index < -0.39 is 48.0 Å². The third-order valence-electron chi connectivity index (χ3n) is 5.86. The van der Waals surface area contributed by atoms with E-state index in [1.54, 1.807) is 0 Å². The van der Waals surface area contributed by atoms with E-state index in [1.807, 2.05) is 0 Å². The molecular weight excluding hydrogens is 466 g/mol. The Bertz CT molecular complexity index is 1010. The van der Waals surface area contributed by atoms with Crippen LogP contribution in [0.3, 0.4) is 0 Å². The first-order valence-corrected chi connectivity index (χ1v) is 11.0. The lowest BCUT2D eigenvalue weighted by Gasteiger charge is -2.41. The smallest absolute Gasteiger partial charge is 0.379 e. The van der Waals surface area contributed by atoms with Crippen molar-refractivity contribution in [2.75, 3.05) is 19.5 Å². The first-order valence-electron chi connectivity index (χ1n) is 9.98. The van der Waals surface area contributed by atoms with Crippen LogP contribution in [0.5, 0.6) is 0 Å². The fraction of sp³-hybridized carbons (Fsp3) is 0.500. The van der Waals surface area contributed by atoms with Gasteiger partial charge in [-0.3, -0.25) is 14.8 Å². The lowest BCUT2D eigenvalue weighted by Crippen LogP contribution is -2.52. The third-order valence-corrected chi connectivity index (χ3v) is 6.77. The molecule has 0 spiro atoms. The number of methoxy groups -OCH3 is 1. The van der Waals surface area contributed by atoms with E-state index in [4.69, 9.17) is 15.2 Å². The van der Waals surface area contributed by atoms with Crippen molar-refractivity contribution < 1.29 is 31.8 Å². The summed E-state index contributed by atoms with van der Waals surface area (Å²) in [6.07, 6.45) is -1.62. The van der Waals surface area contributed by atoms with Crippen molar-refractivity contribution in [3.05, 3.63) is 47.5 Å². The number of fused-ring (bicyclic) bond motifs is 1. The minimum atomic E-state index is -4.62. The average Bonchev–Trinajstić information content (AvgIpc) is 3.15. The Kier molecular flexibility index (Phi) is 6.47. The molecule has 4 atom stereocenters. The summed E-state index contributed by atoms with van der Waals surface area (Å²) in [4.78, 5) is 25.0. The quantitative estimate of drug-likeness (QED) is 0.614. The van der Waals surface area contributed by atoms with Crippen LogP contribution >= 0.6 is 11.8 Å². The molecule has 0 aromatic carbocycles. The van der Waals surface area contributed by atoms with Crippen molar-refractivity contribution in [2.24, 2.45) is 22.6 Å².